The lowest BCUT2D eigenvalue weighted by molar-refractivity contribution is -0.661. The van der Waals surface area contributed by atoms with Crippen LogP contribution in [-0.4, -0.2) is 21.2 Å². The summed E-state index contributed by atoms with van der Waals surface area (Å²) >= 11 is 0. The van der Waals surface area contributed by atoms with Gasteiger partial charge in [-0.05, 0) is 146 Å². The van der Waals surface area contributed by atoms with Crippen LogP contribution < -0.4 is 27.9 Å². The van der Waals surface area contributed by atoms with Gasteiger partial charge in [0.15, 0.2) is 24.8 Å². The summed E-state index contributed by atoms with van der Waals surface area (Å²) in [4.78, 5) is 2.15. The zero-order valence-corrected chi connectivity index (χ0v) is 47.2. The Hall–Kier alpha value is -8.76. The fourth-order valence-corrected chi connectivity index (χ4v) is 10.0. The number of hydrogen-bond acceptors (Lipinski definition) is 2. The van der Waals surface area contributed by atoms with E-state index in [1.807, 2.05) is 6.07 Å². The molecule has 0 N–H and O–H groups in total. The number of aromatic nitrogens is 4. The molecule has 4 heterocycles. The molecule has 400 valence electrons. The van der Waals surface area contributed by atoms with Crippen molar-refractivity contribution in [2.45, 2.75) is 40.8 Å². The van der Waals surface area contributed by atoms with Crippen molar-refractivity contribution in [3.8, 4) is 50.8 Å². The molecule has 0 fully saturated rings. The third-order valence-corrected chi connectivity index (χ3v) is 14.4. The number of aryl methyl sites for hydroxylation is 9. The summed E-state index contributed by atoms with van der Waals surface area (Å²) in [5, 5.41) is 7.68. The van der Waals surface area contributed by atoms with Gasteiger partial charge in [0.25, 0.3) is 0 Å². The number of rotatable bonds is 6. The van der Waals surface area contributed by atoms with E-state index in [9.17, 15) is 17.6 Å². The van der Waals surface area contributed by atoms with Crippen LogP contribution in [0, 0.1) is 40.4 Å². The van der Waals surface area contributed by atoms with E-state index >= 15 is 0 Å². The third kappa shape index (κ3) is 12.8. The topological polar surface area (TPSA) is 28.0 Å². The molecule has 4 aromatic heterocycles. The Balaban J connectivity index is 0.000000139. The lowest BCUT2D eigenvalue weighted by Crippen LogP contribution is -2.32. The van der Waals surface area contributed by atoms with Crippen LogP contribution in [0.1, 0.15) is 33.4 Å². The number of fused-ring (bicyclic) bond motifs is 3. The molecule has 0 saturated carbocycles. The smallest absolute Gasteiger partial charge is 0.422 e. The van der Waals surface area contributed by atoms with Gasteiger partial charge < -0.3 is 9.64 Å². The minimum absolute atomic E-state index is 0.365. The Labute approximate surface area is 462 Å². The predicted octanol–water partition coefficient (Wildman–Crippen LogP) is 14.9. The molecule has 11 aromatic rings. The van der Waals surface area contributed by atoms with E-state index < -0.39 is 11.7 Å². The second-order valence-corrected chi connectivity index (χ2v) is 20.4. The number of alkyl halides is 3. The van der Waals surface area contributed by atoms with Crippen molar-refractivity contribution >= 4 is 38.0 Å². The maximum atomic E-state index is 13.0. The Morgan fingerprint density at radius 3 is 1.34 bits per heavy atom. The van der Waals surface area contributed by atoms with Gasteiger partial charge in [0, 0.05) is 55.2 Å². The van der Waals surface area contributed by atoms with E-state index in [0.29, 0.717) is 16.8 Å². The van der Waals surface area contributed by atoms with Gasteiger partial charge in [-0.25, -0.2) is 22.7 Å². The van der Waals surface area contributed by atoms with Crippen LogP contribution in [0.15, 0.2) is 201 Å². The summed E-state index contributed by atoms with van der Waals surface area (Å²) in [6.07, 6.45) is 3.04. The molecule has 0 amide bonds. The molecule has 0 aliphatic carbocycles. The zero-order valence-electron chi connectivity index (χ0n) is 47.2. The first kappa shape index (κ1) is 56.4. The molecule has 0 aliphatic heterocycles. The fraction of sp³-hybridized carbons (Fsp3) is 0.188. The highest BCUT2D eigenvalue weighted by Crippen LogP contribution is 2.34. The molecule has 0 atom stereocenters. The van der Waals surface area contributed by atoms with E-state index in [2.05, 4.69) is 240 Å². The maximum absolute atomic E-state index is 13.0. The fourth-order valence-electron chi connectivity index (χ4n) is 10.0. The number of halogens is 4. The van der Waals surface area contributed by atoms with Crippen molar-refractivity contribution in [1.29, 1.82) is 0 Å². The standard InChI is InChI=1S/C19H21N2.C18H18NO.C18H18N.C14H12F4N/c1-14-9-10-16(20(2)3)13-18(14)19-17-8-6-5-7-15(17)11-12-21(19)4;1-13-8-9-15(20-3)12-17(13)18-16-7-5-4-6-14(16)10-11-19(18)2;1-13-8-9-14(2)17(12-13)18-16-7-5-4-6-15(16)10-11-19(18)3;1-9-7-11(15)4-5-12(9)13-6-3-10(8-19(13)2)14(16,17)18/h5-13H,1-4H3;4-12H,1-3H3;4-12H,1-3H3;3-8H,1-2H3/q4*+1. The van der Waals surface area contributed by atoms with Gasteiger partial charge in [0.1, 0.15) is 45.3 Å². The number of anilines is 1. The first-order chi connectivity index (χ1) is 37.7. The van der Waals surface area contributed by atoms with Crippen molar-refractivity contribution in [3.63, 3.8) is 0 Å². The van der Waals surface area contributed by atoms with Crippen molar-refractivity contribution in [2.75, 3.05) is 26.1 Å². The molecule has 0 radical (unpaired) electrons. The molecule has 0 saturated heterocycles. The van der Waals surface area contributed by atoms with Crippen molar-refractivity contribution in [1.82, 2.24) is 0 Å². The summed E-state index contributed by atoms with van der Waals surface area (Å²) in [6, 6.07) is 58.2. The van der Waals surface area contributed by atoms with Crippen LogP contribution in [0.2, 0.25) is 0 Å². The highest BCUT2D eigenvalue weighted by molar-refractivity contribution is 5.95. The van der Waals surface area contributed by atoms with Gasteiger partial charge in [-0.2, -0.15) is 13.2 Å². The Kier molecular flexibility index (Phi) is 17.3. The van der Waals surface area contributed by atoms with Gasteiger partial charge in [0.05, 0.1) is 34.4 Å². The van der Waals surface area contributed by atoms with Gasteiger partial charge in [-0.1, -0.05) is 84.4 Å². The molecule has 0 unspecified atom stereocenters. The molecule has 0 bridgehead atoms. The van der Waals surface area contributed by atoms with E-state index in [4.69, 9.17) is 4.74 Å². The lowest BCUT2D eigenvalue weighted by atomic mass is 9.98. The van der Waals surface area contributed by atoms with E-state index in [1.165, 1.54) is 124 Å². The summed E-state index contributed by atoms with van der Waals surface area (Å²) < 4.78 is 64.1. The molecule has 0 aliphatic rings. The number of benzene rings is 7. The summed E-state index contributed by atoms with van der Waals surface area (Å²) in [6.45, 7) is 10.4. The van der Waals surface area contributed by atoms with Gasteiger partial charge in [0.2, 0.25) is 22.8 Å². The normalized spacial score (nSPS) is 11.0. The Morgan fingerprint density at radius 1 is 0.430 bits per heavy atom. The van der Waals surface area contributed by atoms with Crippen LogP contribution in [-0.2, 0) is 34.4 Å². The largest absolute Gasteiger partial charge is 0.497 e. The second-order valence-electron chi connectivity index (χ2n) is 20.4. The molecule has 7 aromatic carbocycles. The van der Waals surface area contributed by atoms with Gasteiger partial charge in [-0.3, -0.25) is 0 Å². The molecule has 10 heteroatoms. The molecule has 11 rings (SSSR count). The Bertz CT molecular complexity index is 4000. The second kappa shape index (κ2) is 24.3. The number of methoxy groups -OCH3 is 1. The maximum Gasteiger partial charge on any atom is 0.422 e. The van der Waals surface area contributed by atoms with Crippen LogP contribution >= 0.6 is 0 Å². The monoisotopic (exact) mass is 1060 g/mol. The van der Waals surface area contributed by atoms with Crippen LogP contribution in [0.25, 0.3) is 77.3 Å². The van der Waals surface area contributed by atoms with Crippen LogP contribution in [0.3, 0.4) is 0 Å². The van der Waals surface area contributed by atoms with Gasteiger partial charge in [-0.15, -0.1) is 0 Å². The lowest BCUT2D eigenvalue weighted by Gasteiger charge is -2.15. The molecular weight excluding hydrogens is 991 g/mol. The average Bonchev–Trinajstić information content (AvgIpc) is 3.53. The number of nitrogens with zero attached hydrogens (tertiary/aromatic N) is 5. The summed E-state index contributed by atoms with van der Waals surface area (Å²) in [5.74, 6) is 0.523. The highest BCUT2D eigenvalue weighted by atomic mass is 19.4. The molecule has 0 spiro atoms. The van der Waals surface area contributed by atoms with Crippen LogP contribution in [0.4, 0.5) is 23.2 Å². The minimum atomic E-state index is -4.37. The molecule has 79 heavy (non-hydrogen) atoms. The number of pyridine rings is 4. The number of ether oxygens (including phenoxy) is 1. The first-order valence-electron chi connectivity index (χ1n) is 26.2. The predicted molar refractivity (Wildman–Crippen MR) is 314 cm³/mol. The minimum Gasteiger partial charge on any atom is -0.497 e. The molecular formula is C69H69F4N5O+4. The average molecular weight is 1060 g/mol. The summed E-state index contributed by atoms with van der Waals surface area (Å²) in [7, 11) is 13.7. The van der Waals surface area contributed by atoms with Gasteiger partial charge >= 0.3 is 6.18 Å². The van der Waals surface area contributed by atoms with Crippen molar-refractivity contribution in [3.05, 3.63) is 240 Å². The first-order valence-corrected chi connectivity index (χ1v) is 26.2. The van der Waals surface area contributed by atoms with Crippen LogP contribution in [0.5, 0.6) is 5.75 Å². The molecule has 6 nitrogen and oxygen atoms in total. The highest BCUT2D eigenvalue weighted by Gasteiger charge is 2.34. The van der Waals surface area contributed by atoms with E-state index in [-0.39, 0.29) is 5.82 Å². The Morgan fingerprint density at radius 2 is 0.886 bits per heavy atom. The quantitative estimate of drug-likeness (QED) is 0.123. The van der Waals surface area contributed by atoms with E-state index in [1.54, 1.807) is 20.1 Å². The summed E-state index contributed by atoms with van der Waals surface area (Å²) in [5.41, 5.74) is 15.3. The third-order valence-electron chi connectivity index (χ3n) is 14.4. The van der Waals surface area contributed by atoms with Crippen molar-refractivity contribution < 1.29 is 40.6 Å². The zero-order chi connectivity index (χ0) is 56.7. The van der Waals surface area contributed by atoms with E-state index in [0.717, 1.165) is 18.0 Å². The number of hydrogen-bond donors (Lipinski definition) is 0. The SMILES string of the molecule is COc1ccc(C)c(-c2c3ccccc3cc[n+]2C)c1.Cc1cc(F)ccc1-c1ccc(C(F)(F)F)c[n+]1C.Cc1ccc(C)c(-c2c3ccccc3cc[n+]2C)c1.Cc1ccc(N(C)C)cc1-c1c2ccccc2cc[n+]1C. The van der Waals surface area contributed by atoms with Crippen molar-refractivity contribution in [2.24, 2.45) is 28.2 Å².